The summed E-state index contributed by atoms with van der Waals surface area (Å²) in [6.45, 7) is 2.20. The summed E-state index contributed by atoms with van der Waals surface area (Å²) in [5.74, 6) is -0.633. The van der Waals surface area contributed by atoms with Gasteiger partial charge in [-0.2, -0.15) is 0 Å². The molecular formula is C9H13NO4S2. The summed E-state index contributed by atoms with van der Waals surface area (Å²) in [7, 11) is -2.39. The van der Waals surface area contributed by atoms with Gasteiger partial charge in [0.1, 0.15) is 9.77 Å². The second kappa shape index (κ2) is 5.42. The molecule has 1 heterocycles. The van der Waals surface area contributed by atoms with Crippen LogP contribution in [-0.2, 0) is 14.8 Å². The van der Waals surface area contributed by atoms with Crippen LogP contribution in [0, 0.1) is 0 Å². The largest absolute Gasteiger partial charge is 0.465 e. The molecule has 1 aromatic rings. The molecule has 0 aliphatic carbocycles. The van der Waals surface area contributed by atoms with Gasteiger partial charge in [0.25, 0.3) is 0 Å². The van der Waals surface area contributed by atoms with E-state index < -0.39 is 16.0 Å². The molecule has 0 saturated carbocycles. The van der Waals surface area contributed by atoms with Crippen LogP contribution in [0.25, 0.3) is 0 Å². The van der Waals surface area contributed by atoms with Crippen molar-refractivity contribution in [3.05, 3.63) is 16.3 Å². The Morgan fingerprint density at radius 2 is 2.25 bits per heavy atom. The number of hydrogen-bond donors (Lipinski definition) is 1. The zero-order chi connectivity index (χ0) is 12.2. The van der Waals surface area contributed by atoms with E-state index in [0.717, 1.165) is 11.3 Å². The van der Waals surface area contributed by atoms with Crippen LogP contribution in [0.5, 0.6) is 0 Å². The van der Waals surface area contributed by atoms with E-state index in [2.05, 4.69) is 9.46 Å². The highest BCUT2D eigenvalue weighted by molar-refractivity contribution is 7.89. The van der Waals surface area contributed by atoms with E-state index in [1.807, 2.05) is 6.92 Å². The standard InChI is InChI=1S/C9H13NO4S2/c1-3-5-10-16(12,13)7-4-6-15-8(7)9(11)14-2/h4,6,10H,3,5H2,1-2H3. The van der Waals surface area contributed by atoms with Gasteiger partial charge in [0.15, 0.2) is 0 Å². The fourth-order valence-corrected chi connectivity index (χ4v) is 3.53. The number of carbonyl (C=O) groups excluding carboxylic acids is 1. The molecule has 0 aliphatic rings. The summed E-state index contributed by atoms with van der Waals surface area (Å²) >= 11 is 1.05. The summed E-state index contributed by atoms with van der Waals surface area (Å²) in [4.78, 5) is 11.4. The van der Waals surface area contributed by atoms with E-state index in [9.17, 15) is 13.2 Å². The van der Waals surface area contributed by atoms with Crippen molar-refractivity contribution in [1.29, 1.82) is 0 Å². The number of nitrogens with one attached hydrogen (secondary N) is 1. The van der Waals surface area contributed by atoms with E-state index in [1.54, 1.807) is 5.38 Å². The molecule has 0 bridgehead atoms. The van der Waals surface area contributed by atoms with Crippen molar-refractivity contribution in [3.8, 4) is 0 Å². The summed E-state index contributed by atoms with van der Waals surface area (Å²) in [5.41, 5.74) is 0. The summed E-state index contributed by atoms with van der Waals surface area (Å²) in [5, 5.41) is 1.55. The second-order valence-electron chi connectivity index (χ2n) is 3.00. The van der Waals surface area contributed by atoms with Crippen molar-refractivity contribution in [2.45, 2.75) is 18.2 Å². The van der Waals surface area contributed by atoms with Gasteiger partial charge >= 0.3 is 5.97 Å². The smallest absolute Gasteiger partial charge is 0.349 e. The number of sulfonamides is 1. The molecule has 0 aromatic carbocycles. The van der Waals surface area contributed by atoms with Crippen LogP contribution in [-0.4, -0.2) is 28.0 Å². The Bertz CT molecular complexity index is 464. The van der Waals surface area contributed by atoms with E-state index in [-0.39, 0.29) is 9.77 Å². The molecule has 7 heteroatoms. The average Bonchev–Trinajstić information content (AvgIpc) is 2.75. The van der Waals surface area contributed by atoms with Crippen LogP contribution in [0.15, 0.2) is 16.3 Å². The summed E-state index contributed by atoms with van der Waals surface area (Å²) in [6.07, 6.45) is 0.691. The Morgan fingerprint density at radius 3 is 2.81 bits per heavy atom. The first-order valence-corrected chi connectivity index (χ1v) is 7.04. The van der Waals surface area contributed by atoms with Crippen molar-refractivity contribution < 1.29 is 17.9 Å². The molecule has 0 spiro atoms. The summed E-state index contributed by atoms with van der Waals surface area (Å²) < 4.78 is 30.5. The zero-order valence-electron chi connectivity index (χ0n) is 9.02. The van der Waals surface area contributed by atoms with E-state index in [1.165, 1.54) is 13.2 Å². The monoisotopic (exact) mass is 263 g/mol. The Morgan fingerprint density at radius 1 is 1.56 bits per heavy atom. The Balaban J connectivity index is 3.04. The number of hydrogen-bond acceptors (Lipinski definition) is 5. The third-order valence-corrected chi connectivity index (χ3v) is 4.36. The maximum Gasteiger partial charge on any atom is 0.349 e. The van der Waals surface area contributed by atoms with Gasteiger partial charge in [-0.25, -0.2) is 17.9 Å². The van der Waals surface area contributed by atoms with E-state index in [0.29, 0.717) is 13.0 Å². The molecule has 0 unspecified atom stereocenters. The normalized spacial score (nSPS) is 11.4. The number of methoxy groups -OCH3 is 1. The second-order valence-corrected chi connectivity index (χ2v) is 5.65. The van der Waals surface area contributed by atoms with E-state index >= 15 is 0 Å². The van der Waals surface area contributed by atoms with Gasteiger partial charge in [-0.1, -0.05) is 6.92 Å². The molecule has 1 rings (SSSR count). The van der Waals surface area contributed by atoms with Crippen LogP contribution < -0.4 is 4.72 Å². The van der Waals surface area contributed by atoms with Gasteiger partial charge in [-0.15, -0.1) is 11.3 Å². The fraction of sp³-hybridized carbons (Fsp3) is 0.444. The SMILES string of the molecule is CCCNS(=O)(=O)c1ccsc1C(=O)OC. The molecule has 0 amide bonds. The van der Waals surface area contributed by atoms with Crippen molar-refractivity contribution in [2.75, 3.05) is 13.7 Å². The van der Waals surface area contributed by atoms with Gasteiger partial charge in [0.2, 0.25) is 10.0 Å². The van der Waals surface area contributed by atoms with Crippen molar-refractivity contribution in [3.63, 3.8) is 0 Å². The average molecular weight is 263 g/mol. The molecule has 1 N–H and O–H groups in total. The van der Waals surface area contributed by atoms with Crippen LogP contribution in [0.2, 0.25) is 0 Å². The van der Waals surface area contributed by atoms with Gasteiger partial charge in [0.05, 0.1) is 7.11 Å². The topological polar surface area (TPSA) is 72.5 Å². The molecule has 16 heavy (non-hydrogen) atoms. The summed E-state index contributed by atoms with van der Waals surface area (Å²) in [6, 6.07) is 1.40. The minimum absolute atomic E-state index is 0.0159. The molecule has 0 atom stereocenters. The highest BCUT2D eigenvalue weighted by atomic mass is 32.2. The molecule has 1 aromatic heterocycles. The highest BCUT2D eigenvalue weighted by Crippen LogP contribution is 2.22. The maximum absolute atomic E-state index is 11.8. The Labute approximate surface area is 98.5 Å². The minimum Gasteiger partial charge on any atom is -0.465 e. The molecule has 0 fully saturated rings. The fourth-order valence-electron chi connectivity index (χ4n) is 1.06. The lowest BCUT2D eigenvalue weighted by molar-refractivity contribution is 0.0602. The molecule has 0 saturated heterocycles. The maximum atomic E-state index is 11.8. The Hall–Kier alpha value is -0.920. The number of ether oxygens (including phenoxy) is 1. The van der Waals surface area contributed by atoms with E-state index in [4.69, 9.17) is 0 Å². The number of carbonyl (C=O) groups is 1. The van der Waals surface area contributed by atoms with Gasteiger partial charge in [0, 0.05) is 6.54 Å². The Kier molecular flexibility index (Phi) is 4.45. The molecule has 0 radical (unpaired) electrons. The first-order valence-electron chi connectivity index (χ1n) is 4.68. The van der Waals surface area contributed by atoms with Gasteiger partial charge in [-0.3, -0.25) is 0 Å². The van der Waals surface area contributed by atoms with Crippen LogP contribution >= 0.6 is 11.3 Å². The van der Waals surface area contributed by atoms with Crippen LogP contribution in [0.1, 0.15) is 23.0 Å². The molecule has 0 aliphatic heterocycles. The predicted octanol–water partition coefficient (Wildman–Crippen LogP) is 1.22. The minimum atomic E-state index is -3.61. The predicted molar refractivity (Wildman–Crippen MR) is 61.1 cm³/mol. The first-order chi connectivity index (χ1) is 7.53. The van der Waals surface area contributed by atoms with Crippen molar-refractivity contribution in [1.82, 2.24) is 4.72 Å². The van der Waals surface area contributed by atoms with Gasteiger partial charge < -0.3 is 4.74 Å². The number of rotatable bonds is 5. The van der Waals surface area contributed by atoms with Crippen LogP contribution in [0.4, 0.5) is 0 Å². The quantitative estimate of drug-likeness (QED) is 0.811. The third kappa shape index (κ3) is 2.81. The first kappa shape index (κ1) is 13.1. The lowest BCUT2D eigenvalue weighted by atomic mass is 10.5. The van der Waals surface area contributed by atoms with Gasteiger partial charge in [-0.05, 0) is 17.9 Å². The molecular weight excluding hydrogens is 250 g/mol. The van der Waals surface area contributed by atoms with Crippen molar-refractivity contribution >= 4 is 27.3 Å². The lowest BCUT2D eigenvalue weighted by Crippen LogP contribution is -2.25. The number of esters is 1. The third-order valence-electron chi connectivity index (χ3n) is 1.83. The number of thiophene rings is 1. The highest BCUT2D eigenvalue weighted by Gasteiger charge is 2.23. The molecule has 90 valence electrons. The van der Waals surface area contributed by atoms with Crippen molar-refractivity contribution in [2.24, 2.45) is 0 Å². The van der Waals surface area contributed by atoms with Crippen LogP contribution in [0.3, 0.4) is 0 Å². The lowest BCUT2D eigenvalue weighted by Gasteiger charge is -2.05. The molecule has 5 nitrogen and oxygen atoms in total. The zero-order valence-corrected chi connectivity index (χ0v) is 10.7.